The highest BCUT2D eigenvalue weighted by atomic mass is 28.4. The van der Waals surface area contributed by atoms with Crippen LogP contribution in [0, 0.1) is 34.5 Å². The summed E-state index contributed by atoms with van der Waals surface area (Å²) in [5, 5.41) is 10.1. The maximum atomic E-state index is 9.84. The number of allylic oxidation sites excluding steroid dienone is 1. The average molecular weight is 463 g/mol. The second kappa shape index (κ2) is 8.50. The molecule has 4 rings (SSSR count). The third kappa shape index (κ3) is 4.10. The Labute approximate surface area is 198 Å². The smallest absolute Gasteiger partial charge is 0.192 e. The van der Waals surface area contributed by atoms with E-state index in [1.54, 1.807) is 5.57 Å². The van der Waals surface area contributed by atoms with E-state index in [4.69, 9.17) is 9.16 Å². The van der Waals surface area contributed by atoms with E-state index in [0.29, 0.717) is 41.3 Å². The summed E-state index contributed by atoms with van der Waals surface area (Å²) in [5.41, 5.74) is 2.35. The molecule has 0 bridgehead atoms. The molecule has 4 heteroatoms. The molecule has 0 heterocycles. The lowest BCUT2D eigenvalue weighted by Crippen LogP contribution is -2.44. The molecule has 184 valence electrons. The zero-order valence-electron chi connectivity index (χ0n) is 22.2. The van der Waals surface area contributed by atoms with Gasteiger partial charge in [0.05, 0.1) is 6.10 Å². The largest absolute Gasteiger partial charge is 0.414 e. The predicted octanol–water partition coefficient (Wildman–Crippen LogP) is 6.96. The summed E-state index contributed by atoms with van der Waals surface area (Å²) in [6, 6.07) is 0. The summed E-state index contributed by atoms with van der Waals surface area (Å²) in [4.78, 5) is 0. The lowest BCUT2D eigenvalue weighted by atomic mass is 9.61. The van der Waals surface area contributed by atoms with E-state index >= 15 is 0 Å². The van der Waals surface area contributed by atoms with Crippen molar-refractivity contribution in [1.82, 2.24) is 0 Å². The van der Waals surface area contributed by atoms with Crippen LogP contribution in [-0.2, 0) is 9.16 Å². The van der Waals surface area contributed by atoms with Crippen molar-refractivity contribution >= 4 is 8.32 Å². The summed E-state index contributed by atoms with van der Waals surface area (Å²) in [6.45, 7) is 16.9. The highest BCUT2D eigenvalue weighted by molar-refractivity contribution is 6.74. The van der Waals surface area contributed by atoms with E-state index < -0.39 is 8.32 Å². The minimum absolute atomic E-state index is 0.243. The van der Waals surface area contributed by atoms with Crippen molar-refractivity contribution in [3.05, 3.63) is 11.6 Å². The fourth-order valence-corrected chi connectivity index (χ4v) is 9.31. The van der Waals surface area contributed by atoms with Crippen LogP contribution in [-0.4, -0.2) is 39.3 Å². The van der Waals surface area contributed by atoms with E-state index in [2.05, 4.69) is 53.8 Å². The lowest BCUT2D eigenvalue weighted by molar-refractivity contribution is 0.0530. The Morgan fingerprint density at radius 1 is 1.22 bits per heavy atom. The van der Waals surface area contributed by atoms with Gasteiger partial charge in [0, 0.05) is 25.2 Å². The van der Waals surface area contributed by atoms with Gasteiger partial charge in [0.2, 0.25) is 0 Å². The maximum absolute atomic E-state index is 9.84. The molecule has 0 spiro atoms. The Bertz CT molecular complexity index is 725. The number of aliphatic hydroxyl groups is 1. The fraction of sp³-hybridized carbons (Fsp3) is 0.929. The first kappa shape index (κ1) is 24.9. The van der Waals surface area contributed by atoms with E-state index in [1.807, 2.05) is 7.11 Å². The van der Waals surface area contributed by atoms with Crippen molar-refractivity contribution in [3.63, 3.8) is 0 Å². The Balaban J connectivity index is 1.49. The molecule has 4 aliphatic carbocycles. The number of hydrogen-bond donors (Lipinski definition) is 1. The van der Waals surface area contributed by atoms with Gasteiger partial charge in [0.25, 0.3) is 0 Å². The molecule has 4 aliphatic rings. The third-order valence-electron chi connectivity index (χ3n) is 10.9. The molecule has 0 aromatic rings. The molecule has 0 radical (unpaired) electrons. The van der Waals surface area contributed by atoms with Crippen LogP contribution in [0.15, 0.2) is 11.6 Å². The molecule has 32 heavy (non-hydrogen) atoms. The van der Waals surface area contributed by atoms with Crippen LogP contribution in [0.2, 0.25) is 18.1 Å². The van der Waals surface area contributed by atoms with E-state index in [0.717, 1.165) is 5.92 Å². The van der Waals surface area contributed by atoms with Gasteiger partial charge in [-0.25, -0.2) is 0 Å². The molecule has 0 amide bonds. The quantitative estimate of drug-likeness (QED) is 0.328. The lowest BCUT2D eigenvalue weighted by Gasteiger charge is -2.44. The molecule has 8 atom stereocenters. The second-order valence-corrected chi connectivity index (χ2v) is 18.5. The topological polar surface area (TPSA) is 38.7 Å². The highest BCUT2D eigenvalue weighted by Crippen LogP contribution is 2.68. The molecular formula is C28H50O3Si. The number of aliphatic hydroxyl groups excluding tert-OH is 1. The van der Waals surface area contributed by atoms with E-state index in [-0.39, 0.29) is 11.1 Å². The number of hydrogen-bond acceptors (Lipinski definition) is 3. The van der Waals surface area contributed by atoms with Gasteiger partial charge in [-0.05, 0) is 98.6 Å². The van der Waals surface area contributed by atoms with Crippen LogP contribution in [0.3, 0.4) is 0 Å². The Morgan fingerprint density at radius 2 is 1.94 bits per heavy atom. The molecule has 4 fully saturated rings. The Kier molecular flexibility index (Phi) is 6.62. The van der Waals surface area contributed by atoms with Gasteiger partial charge in [0.1, 0.15) is 0 Å². The molecule has 2 unspecified atom stereocenters. The first-order valence-electron chi connectivity index (χ1n) is 13.4. The summed E-state index contributed by atoms with van der Waals surface area (Å²) in [5.74, 6) is 2.53. The van der Waals surface area contributed by atoms with Crippen molar-refractivity contribution in [2.75, 3.05) is 13.7 Å². The Morgan fingerprint density at radius 3 is 2.56 bits per heavy atom. The maximum Gasteiger partial charge on any atom is 0.192 e. The van der Waals surface area contributed by atoms with Gasteiger partial charge in [0.15, 0.2) is 8.32 Å². The van der Waals surface area contributed by atoms with Crippen molar-refractivity contribution in [2.45, 2.75) is 116 Å². The van der Waals surface area contributed by atoms with Gasteiger partial charge < -0.3 is 14.3 Å². The van der Waals surface area contributed by atoms with Gasteiger partial charge in [-0.2, -0.15) is 0 Å². The number of methoxy groups -OCH3 is 1. The number of ether oxygens (including phenoxy) is 1. The van der Waals surface area contributed by atoms with E-state index in [9.17, 15) is 5.11 Å². The molecular weight excluding hydrogens is 412 g/mol. The summed E-state index contributed by atoms with van der Waals surface area (Å²) < 4.78 is 13.1. The van der Waals surface area contributed by atoms with Crippen LogP contribution >= 0.6 is 0 Å². The summed E-state index contributed by atoms with van der Waals surface area (Å²) in [6.07, 6.45) is 13.4. The normalized spacial score (nSPS) is 42.6. The first-order chi connectivity index (χ1) is 14.9. The van der Waals surface area contributed by atoms with Gasteiger partial charge in [-0.1, -0.05) is 46.3 Å². The van der Waals surface area contributed by atoms with Crippen molar-refractivity contribution in [1.29, 1.82) is 0 Å². The van der Waals surface area contributed by atoms with Crippen LogP contribution in [0.5, 0.6) is 0 Å². The monoisotopic (exact) mass is 462 g/mol. The number of rotatable bonds is 7. The average Bonchev–Trinajstić information content (AvgIpc) is 3.08. The van der Waals surface area contributed by atoms with Gasteiger partial charge >= 0.3 is 0 Å². The molecule has 0 aromatic carbocycles. The highest BCUT2D eigenvalue weighted by Gasteiger charge is 2.65. The van der Waals surface area contributed by atoms with Gasteiger partial charge in [-0.3, -0.25) is 0 Å². The fourth-order valence-electron chi connectivity index (χ4n) is 7.94. The van der Waals surface area contributed by atoms with Crippen LogP contribution in [0.1, 0.15) is 86.0 Å². The van der Waals surface area contributed by atoms with Crippen molar-refractivity contribution in [2.24, 2.45) is 34.5 Å². The van der Waals surface area contributed by atoms with Crippen molar-refractivity contribution < 1.29 is 14.3 Å². The molecule has 1 N–H and O–H groups in total. The standard InChI is InChI=1S/C28H50O3Si/c1-19(18-29)23-11-12-24-20(10-9-13-27(23,24)5)14-25(30-6)28-16-21(28)15-22(17-28)31-32(7,8)26(2,3)4/h14,19,21-25,29H,9-13,15-18H2,1-8H3/b20-14+/t19-,21?,22+,23-,24+,25-,27?,28+/m1/s1. The summed E-state index contributed by atoms with van der Waals surface area (Å²) in [7, 11) is 0.206. The molecule has 3 nitrogen and oxygen atoms in total. The SMILES string of the molecule is CO[C@H](/C=C1\CCCC2(C)[C@@H]([C@H](C)CO)CC[C@@H]12)[C@]12CC1C[C@H](O[Si](C)(C)C(C)(C)C)C2. The number of fused-ring (bicyclic) bond motifs is 2. The third-order valence-corrected chi connectivity index (χ3v) is 15.4. The zero-order valence-corrected chi connectivity index (χ0v) is 23.2. The van der Waals surface area contributed by atoms with Crippen LogP contribution < -0.4 is 0 Å². The minimum atomic E-state index is -1.73. The molecule has 0 saturated heterocycles. The van der Waals surface area contributed by atoms with E-state index in [1.165, 1.54) is 51.4 Å². The Hall–Kier alpha value is -0.163. The molecule has 4 saturated carbocycles. The molecule has 0 aromatic heterocycles. The van der Waals surface area contributed by atoms with Crippen LogP contribution in [0.25, 0.3) is 0 Å². The second-order valence-electron chi connectivity index (χ2n) is 13.7. The molecule has 0 aliphatic heterocycles. The predicted molar refractivity (Wildman–Crippen MR) is 135 cm³/mol. The zero-order chi connectivity index (χ0) is 23.5. The first-order valence-corrected chi connectivity index (χ1v) is 16.3. The minimum Gasteiger partial charge on any atom is -0.414 e. The summed E-state index contributed by atoms with van der Waals surface area (Å²) >= 11 is 0. The van der Waals surface area contributed by atoms with Crippen molar-refractivity contribution in [3.8, 4) is 0 Å². The van der Waals surface area contributed by atoms with Crippen LogP contribution in [0.4, 0.5) is 0 Å². The van der Waals surface area contributed by atoms with Gasteiger partial charge in [-0.15, -0.1) is 0 Å².